The van der Waals surface area contributed by atoms with E-state index in [0.717, 1.165) is 25.2 Å². The van der Waals surface area contributed by atoms with Crippen LogP contribution in [0.2, 0.25) is 0 Å². The average Bonchev–Trinajstić information content (AvgIpc) is 3.07. The van der Waals surface area contributed by atoms with E-state index >= 15 is 0 Å². The van der Waals surface area contributed by atoms with Crippen LogP contribution < -0.4 is 5.32 Å². The van der Waals surface area contributed by atoms with Crippen molar-refractivity contribution in [3.8, 4) is 0 Å². The third-order valence-corrected chi connectivity index (χ3v) is 3.33. The largest absolute Gasteiger partial charge is 0.362 e. The fraction of sp³-hybridized carbons (Fsp3) is 0.538. The Hall–Kier alpha value is -2.22. The SMILES string of the molecule is Cc1noc(COCC(=O)NC2CCc3nccn3C2)n1. The molecule has 1 atom stereocenters. The molecule has 1 aliphatic heterocycles. The van der Waals surface area contributed by atoms with Crippen molar-refractivity contribution in [3.63, 3.8) is 0 Å². The molecule has 8 heteroatoms. The van der Waals surface area contributed by atoms with Crippen LogP contribution in [-0.2, 0) is 29.1 Å². The molecular formula is C13H17N5O3. The van der Waals surface area contributed by atoms with E-state index in [1.807, 2.05) is 6.20 Å². The van der Waals surface area contributed by atoms with E-state index in [1.54, 1.807) is 13.1 Å². The molecule has 1 aliphatic rings. The Balaban J connectivity index is 1.40. The third kappa shape index (κ3) is 3.46. The number of nitrogens with zero attached hydrogens (tertiary/aromatic N) is 4. The Morgan fingerprint density at radius 1 is 1.62 bits per heavy atom. The summed E-state index contributed by atoms with van der Waals surface area (Å²) < 4.78 is 12.2. The zero-order valence-corrected chi connectivity index (χ0v) is 11.8. The van der Waals surface area contributed by atoms with Gasteiger partial charge in [0.2, 0.25) is 5.91 Å². The second-order valence-corrected chi connectivity index (χ2v) is 5.03. The summed E-state index contributed by atoms with van der Waals surface area (Å²) in [5.41, 5.74) is 0. The Morgan fingerprint density at radius 3 is 3.33 bits per heavy atom. The molecule has 8 nitrogen and oxygen atoms in total. The van der Waals surface area contributed by atoms with E-state index in [9.17, 15) is 4.79 Å². The first kappa shape index (κ1) is 13.7. The van der Waals surface area contributed by atoms with Gasteiger partial charge < -0.3 is 19.1 Å². The molecule has 1 N–H and O–H groups in total. The zero-order chi connectivity index (χ0) is 14.7. The minimum Gasteiger partial charge on any atom is -0.362 e. The van der Waals surface area contributed by atoms with Crippen LogP contribution in [-0.4, -0.2) is 38.2 Å². The Labute approximate surface area is 121 Å². The van der Waals surface area contributed by atoms with Gasteiger partial charge in [-0.3, -0.25) is 4.79 Å². The molecule has 21 heavy (non-hydrogen) atoms. The molecular weight excluding hydrogens is 274 g/mol. The third-order valence-electron chi connectivity index (χ3n) is 3.33. The summed E-state index contributed by atoms with van der Waals surface area (Å²) in [6.45, 7) is 2.61. The number of imidazole rings is 1. The lowest BCUT2D eigenvalue weighted by molar-refractivity contribution is -0.127. The number of rotatable bonds is 5. The fourth-order valence-corrected chi connectivity index (χ4v) is 2.38. The number of carbonyl (C=O) groups excluding carboxylic acids is 1. The average molecular weight is 291 g/mol. The maximum Gasteiger partial charge on any atom is 0.252 e. The first-order chi connectivity index (χ1) is 10.2. The standard InChI is InChI=1S/C13H17N5O3/c1-9-15-13(21-17-9)8-20-7-12(19)16-10-2-3-11-14-4-5-18(11)6-10/h4-5,10H,2-3,6-8H2,1H3,(H,16,19). The van der Waals surface area contributed by atoms with Gasteiger partial charge in [0, 0.05) is 31.4 Å². The number of carbonyl (C=O) groups is 1. The van der Waals surface area contributed by atoms with Crippen LogP contribution in [0.25, 0.3) is 0 Å². The van der Waals surface area contributed by atoms with Gasteiger partial charge in [-0.15, -0.1) is 0 Å². The number of hydrogen-bond acceptors (Lipinski definition) is 6. The molecule has 0 radical (unpaired) electrons. The highest BCUT2D eigenvalue weighted by molar-refractivity contribution is 5.77. The Morgan fingerprint density at radius 2 is 2.52 bits per heavy atom. The van der Waals surface area contributed by atoms with Crippen LogP contribution in [0.3, 0.4) is 0 Å². The molecule has 3 rings (SSSR count). The van der Waals surface area contributed by atoms with E-state index in [0.29, 0.717) is 11.7 Å². The van der Waals surface area contributed by atoms with Gasteiger partial charge in [0.05, 0.1) is 0 Å². The van der Waals surface area contributed by atoms with E-state index < -0.39 is 0 Å². The van der Waals surface area contributed by atoms with Crippen molar-refractivity contribution in [2.45, 2.75) is 39.0 Å². The van der Waals surface area contributed by atoms with Gasteiger partial charge in [0.1, 0.15) is 19.0 Å². The summed E-state index contributed by atoms with van der Waals surface area (Å²) >= 11 is 0. The van der Waals surface area contributed by atoms with Gasteiger partial charge in [0.15, 0.2) is 5.82 Å². The summed E-state index contributed by atoms with van der Waals surface area (Å²) in [5, 5.41) is 6.61. The van der Waals surface area contributed by atoms with Crippen molar-refractivity contribution in [2.75, 3.05) is 6.61 Å². The van der Waals surface area contributed by atoms with Crippen LogP contribution in [0, 0.1) is 6.92 Å². The topological polar surface area (TPSA) is 95.1 Å². The van der Waals surface area contributed by atoms with E-state index in [-0.39, 0.29) is 25.2 Å². The maximum atomic E-state index is 11.8. The van der Waals surface area contributed by atoms with Gasteiger partial charge in [-0.05, 0) is 13.3 Å². The van der Waals surface area contributed by atoms with E-state index in [1.165, 1.54) is 0 Å². The minimum atomic E-state index is -0.139. The molecule has 1 unspecified atom stereocenters. The highest BCUT2D eigenvalue weighted by atomic mass is 16.5. The molecule has 2 aromatic rings. The first-order valence-corrected chi connectivity index (χ1v) is 6.87. The molecule has 0 bridgehead atoms. The number of fused-ring (bicyclic) bond motifs is 1. The molecule has 0 spiro atoms. The monoisotopic (exact) mass is 291 g/mol. The summed E-state index contributed by atoms with van der Waals surface area (Å²) in [5.74, 6) is 1.86. The first-order valence-electron chi connectivity index (χ1n) is 6.87. The van der Waals surface area contributed by atoms with Crippen LogP contribution in [0.5, 0.6) is 0 Å². The number of hydrogen-bond donors (Lipinski definition) is 1. The molecule has 0 saturated heterocycles. The fourth-order valence-electron chi connectivity index (χ4n) is 2.38. The predicted octanol–water partition coefficient (Wildman–Crippen LogP) is 0.222. The van der Waals surface area contributed by atoms with Crippen LogP contribution in [0.4, 0.5) is 0 Å². The van der Waals surface area contributed by atoms with E-state index in [4.69, 9.17) is 9.26 Å². The molecule has 0 aromatic carbocycles. The maximum absolute atomic E-state index is 11.8. The van der Waals surface area contributed by atoms with Crippen LogP contribution >= 0.6 is 0 Å². The van der Waals surface area contributed by atoms with Gasteiger partial charge in [-0.25, -0.2) is 4.98 Å². The number of ether oxygens (including phenoxy) is 1. The molecule has 1 amide bonds. The van der Waals surface area contributed by atoms with Crippen LogP contribution in [0.15, 0.2) is 16.9 Å². The highest BCUT2D eigenvalue weighted by Gasteiger charge is 2.20. The van der Waals surface area contributed by atoms with Gasteiger partial charge in [0.25, 0.3) is 5.89 Å². The van der Waals surface area contributed by atoms with Gasteiger partial charge in [-0.2, -0.15) is 4.98 Å². The molecule has 2 aromatic heterocycles. The van der Waals surface area contributed by atoms with Crippen LogP contribution in [0.1, 0.15) is 24.0 Å². The molecule has 0 fully saturated rings. The number of aryl methyl sites for hydroxylation is 2. The van der Waals surface area contributed by atoms with Crippen molar-refractivity contribution < 1.29 is 14.1 Å². The van der Waals surface area contributed by atoms with Crippen molar-refractivity contribution in [1.82, 2.24) is 25.0 Å². The summed E-state index contributed by atoms with van der Waals surface area (Å²) in [7, 11) is 0. The lowest BCUT2D eigenvalue weighted by Gasteiger charge is -2.24. The summed E-state index contributed by atoms with van der Waals surface area (Å²) in [6, 6.07) is 0.119. The van der Waals surface area contributed by atoms with Crippen molar-refractivity contribution in [2.24, 2.45) is 0 Å². The quantitative estimate of drug-likeness (QED) is 0.847. The Kier molecular flexibility index (Phi) is 3.96. The number of amides is 1. The minimum absolute atomic E-state index is 0.0191. The summed E-state index contributed by atoms with van der Waals surface area (Å²) in [6.07, 6.45) is 5.49. The number of nitrogens with one attached hydrogen (secondary N) is 1. The smallest absolute Gasteiger partial charge is 0.252 e. The highest BCUT2D eigenvalue weighted by Crippen LogP contribution is 2.12. The molecule has 0 aliphatic carbocycles. The molecule has 0 saturated carbocycles. The zero-order valence-electron chi connectivity index (χ0n) is 11.8. The van der Waals surface area contributed by atoms with E-state index in [2.05, 4.69) is 25.0 Å². The van der Waals surface area contributed by atoms with Crippen molar-refractivity contribution >= 4 is 5.91 Å². The Bertz CT molecular complexity index is 621. The van der Waals surface area contributed by atoms with Gasteiger partial charge >= 0.3 is 0 Å². The predicted molar refractivity (Wildman–Crippen MR) is 71.2 cm³/mol. The van der Waals surface area contributed by atoms with Crippen molar-refractivity contribution in [3.05, 3.63) is 29.9 Å². The van der Waals surface area contributed by atoms with Crippen molar-refractivity contribution in [1.29, 1.82) is 0 Å². The second kappa shape index (κ2) is 6.04. The molecule has 112 valence electrons. The molecule has 3 heterocycles. The lowest BCUT2D eigenvalue weighted by atomic mass is 10.1. The second-order valence-electron chi connectivity index (χ2n) is 5.03. The number of aromatic nitrogens is 4. The summed E-state index contributed by atoms with van der Waals surface area (Å²) in [4.78, 5) is 20.1. The normalized spacial score (nSPS) is 17.5. The van der Waals surface area contributed by atoms with Gasteiger partial charge in [-0.1, -0.05) is 5.16 Å². The lowest BCUT2D eigenvalue weighted by Crippen LogP contribution is -2.42.